The summed E-state index contributed by atoms with van der Waals surface area (Å²) in [5.74, 6) is 0.219. The van der Waals surface area contributed by atoms with Crippen LogP contribution in [0.15, 0.2) is 0 Å². The van der Waals surface area contributed by atoms with E-state index >= 15 is 0 Å². The molecule has 0 heterocycles. The van der Waals surface area contributed by atoms with E-state index in [4.69, 9.17) is 11.5 Å². The minimum absolute atomic E-state index is 0.219. The Morgan fingerprint density at radius 1 is 1.50 bits per heavy atom. The largest absolute Gasteiger partial charge is 0.335 e. The van der Waals surface area contributed by atoms with Gasteiger partial charge in [-0.25, -0.2) is 0 Å². The van der Waals surface area contributed by atoms with Gasteiger partial charge in [-0.2, -0.15) is 0 Å². The molecule has 0 aromatic heterocycles. The van der Waals surface area contributed by atoms with Crippen LogP contribution < -0.4 is 11.5 Å². The maximum atomic E-state index is 5.69. The first-order valence-electron chi connectivity index (χ1n) is 4.10. The Bertz CT molecular complexity index is 68.6. The van der Waals surface area contributed by atoms with E-state index in [9.17, 15) is 0 Å². The summed E-state index contributed by atoms with van der Waals surface area (Å²) in [5.41, 5.74) is 11.0. The van der Waals surface area contributed by atoms with Crippen LogP contribution in [0, 0.1) is 0 Å². The van der Waals surface area contributed by atoms with E-state index in [0.29, 0.717) is 6.54 Å². The monoisotopic (exact) mass is 141 g/mol. The molecule has 1 unspecified atom stereocenters. The summed E-state index contributed by atoms with van der Waals surface area (Å²) in [4.78, 5) is 0. The van der Waals surface area contributed by atoms with Gasteiger partial charge in [-0.15, -0.1) is 0 Å². The summed E-state index contributed by atoms with van der Waals surface area (Å²) in [5, 5.41) is 0. The van der Waals surface area contributed by atoms with Crippen molar-refractivity contribution in [1.82, 2.24) is 0 Å². The Morgan fingerprint density at radius 2 is 2.20 bits per heavy atom. The zero-order valence-electron chi connectivity index (χ0n) is 6.84. The molecule has 0 aliphatic carbocycles. The lowest BCUT2D eigenvalue weighted by atomic mass is 9.64. The van der Waals surface area contributed by atoms with E-state index < -0.39 is 0 Å². The van der Waals surface area contributed by atoms with E-state index in [0.717, 1.165) is 12.7 Å². The standard InChI is InChI=1S/C7H18BN2/c1-2-3-5-8-7(10)4-6-9/h7H,2-6,9-10H2,1H3. The van der Waals surface area contributed by atoms with Crippen LogP contribution in [0.25, 0.3) is 0 Å². The van der Waals surface area contributed by atoms with E-state index in [1.807, 2.05) is 0 Å². The van der Waals surface area contributed by atoms with E-state index in [1.165, 1.54) is 12.8 Å². The molecular weight excluding hydrogens is 123 g/mol. The fourth-order valence-electron chi connectivity index (χ4n) is 0.846. The van der Waals surface area contributed by atoms with Crippen molar-refractivity contribution in [2.75, 3.05) is 6.54 Å². The van der Waals surface area contributed by atoms with Crippen LogP contribution in [0.3, 0.4) is 0 Å². The van der Waals surface area contributed by atoms with Gasteiger partial charge in [-0.3, -0.25) is 0 Å². The quantitative estimate of drug-likeness (QED) is 0.419. The highest BCUT2D eigenvalue weighted by atomic mass is 14.6. The summed E-state index contributed by atoms with van der Waals surface area (Å²) in [7, 11) is 2.16. The van der Waals surface area contributed by atoms with Crippen LogP contribution in [0.2, 0.25) is 6.32 Å². The molecule has 59 valence electrons. The topological polar surface area (TPSA) is 52.0 Å². The molecule has 0 fully saturated rings. The average Bonchev–Trinajstić information content (AvgIpc) is 1.89. The molecule has 1 radical (unpaired) electrons. The number of unbranched alkanes of at least 4 members (excludes halogenated alkanes) is 1. The van der Waals surface area contributed by atoms with E-state index in [2.05, 4.69) is 14.2 Å². The minimum atomic E-state index is 0.219. The molecule has 0 aliphatic heterocycles. The van der Waals surface area contributed by atoms with Gasteiger partial charge in [0.1, 0.15) is 7.28 Å². The summed E-state index contributed by atoms with van der Waals surface area (Å²) >= 11 is 0. The number of hydrogen-bond acceptors (Lipinski definition) is 2. The molecular formula is C7H18BN2. The van der Waals surface area contributed by atoms with Crippen molar-refractivity contribution in [2.24, 2.45) is 11.5 Å². The molecule has 0 bridgehead atoms. The number of nitrogens with two attached hydrogens (primary N) is 2. The highest BCUT2D eigenvalue weighted by molar-refractivity contribution is 6.37. The second-order valence-corrected chi connectivity index (χ2v) is 2.62. The van der Waals surface area contributed by atoms with Crippen molar-refractivity contribution in [3.05, 3.63) is 0 Å². The van der Waals surface area contributed by atoms with E-state index in [-0.39, 0.29) is 5.94 Å². The molecule has 1 atom stereocenters. The Balaban J connectivity index is 2.97. The van der Waals surface area contributed by atoms with Crippen molar-refractivity contribution in [1.29, 1.82) is 0 Å². The lowest BCUT2D eigenvalue weighted by Gasteiger charge is -2.06. The lowest BCUT2D eigenvalue weighted by molar-refractivity contribution is 0.768. The van der Waals surface area contributed by atoms with Crippen molar-refractivity contribution < 1.29 is 0 Å². The van der Waals surface area contributed by atoms with Gasteiger partial charge < -0.3 is 11.5 Å². The molecule has 3 heteroatoms. The van der Waals surface area contributed by atoms with Crippen LogP contribution in [0.5, 0.6) is 0 Å². The second kappa shape index (κ2) is 7.10. The molecule has 4 N–H and O–H groups in total. The second-order valence-electron chi connectivity index (χ2n) is 2.62. The van der Waals surface area contributed by atoms with Crippen LogP contribution in [0.1, 0.15) is 26.2 Å². The molecule has 0 rings (SSSR count). The van der Waals surface area contributed by atoms with Gasteiger partial charge in [0.15, 0.2) is 0 Å². The maximum absolute atomic E-state index is 5.69. The Kier molecular flexibility index (Phi) is 7.09. The molecule has 10 heavy (non-hydrogen) atoms. The fraction of sp³-hybridized carbons (Fsp3) is 1.00. The highest BCUT2D eigenvalue weighted by Crippen LogP contribution is 1.95. The molecule has 0 saturated heterocycles. The third kappa shape index (κ3) is 6.11. The van der Waals surface area contributed by atoms with Crippen molar-refractivity contribution in [3.8, 4) is 0 Å². The average molecular weight is 141 g/mol. The van der Waals surface area contributed by atoms with Crippen molar-refractivity contribution in [2.45, 2.75) is 38.4 Å². The summed E-state index contributed by atoms with van der Waals surface area (Å²) in [6, 6.07) is 0. The summed E-state index contributed by atoms with van der Waals surface area (Å²) < 4.78 is 0. The molecule has 0 aromatic carbocycles. The molecule has 0 aliphatic rings. The van der Waals surface area contributed by atoms with Crippen LogP contribution in [-0.2, 0) is 0 Å². The third-order valence-corrected chi connectivity index (χ3v) is 1.53. The summed E-state index contributed by atoms with van der Waals surface area (Å²) in [6.07, 6.45) is 4.55. The highest BCUT2D eigenvalue weighted by Gasteiger charge is 2.00. The smallest absolute Gasteiger partial charge is 0.132 e. The fourth-order valence-corrected chi connectivity index (χ4v) is 0.846. The van der Waals surface area contributed by atoms with Gasteiger partial charge in [0.25, 0.3) is 0 Å². The number of hydrogen-bond donors (Lipinski definition) is 2. The van der Waals surface area contributed by atoms with Gasteiger partial charge >= 0.3 is 0 Å². The Hall–Kier alpha value is -0.0151. The van der Waals surface area contributed by atoms with Gasteiger partial charge in [-0.1, -0.05) is 26.1 Å². The van der Waals surface area contributed by atoms with Gasteiger partial charge in [-0.05, 0) is 18.9 Å². The summed E-state index contributed by atoms with van der Waals surface area (Å²) in [6.45, 7) is 2.88. The molecule has 0 saturated carbocycles. The zero-order chi connectivity index (χ0) is 7.82. The normalized spacial score (nSPS) is 13.1. The van der Waals surface area contributed by atoms with Crippen molar-refractivity contribution >= 4 is 7.28 Å². The first-order valence-corrected chi connectivity index (χ1v) is 4.10. The molecule has 0 aromatic rings. The minimum Gasteiger partial charge on any atom is -0.335 e. The van der Waals surface area contributed by atoms with Gasteiger partial charge in [0, 0.05) is 0 Å². The van der Waals surface area contributed by atoms with Crippen LogP contribution in [0.4, 0.5) is 0 Å². The zero-order valence-corrected chi connectivity index (χ0v) is 6.84. The first-order chi connectivity index (χ1) is 4.81. The van der Waals surface area contributed by atoms with Crippen LogP contribution >= 0.6 is 0 Å². The van der Waals surface area contributed by atoms with Crippen molar-refractivity contribution in [3.63, 3.8) is 0 Å². The van der Waals surface area contributed by atoms with Crippen LogP contribution in [-0.4, -0.2) is 19.8 Å². The third-order valence-electron chi connectivity index (χ3n) is 1.53. The predicted molar refractivity (Wildman–Crippen MR) is 47.1 cm³/mol. The Labute approximate surface area is 64.6 Å². The number of rotatable bonds is 6. The van der Waals surface area contributed by atoms with Gasteiger partial charge in [0.05, 0.1) is 0 Å². The molecule has 0 spiro atoms. The van der Waals surface area contributed by atoms with E-state index in [1.54, 1.807) is 0 Å². The lowest BCUT2D eigenvalue weighted by Crippen LogP contribution is -2.29. The first kappa shape index (κ1) is 9.98. The SMILES string of the molecule is CCCC[B]C(N)CCN. The Morgan fingerprint density at radius 3 is 2.70 bits per heavy atom. The maximum Gasteiger partial charge on any atom is 0.132 e. The van der Waals surface area contributed by atoms with Gasteiger partial charge in [0.2, 0.25) is 0 Å². The molecule has 0 amide bonds. The molecule has 2 nitrogen and oxygen atoms in total. The predicted octanol–water partition coefficient (Wildman–Crippen LogP) is 0.543.